The number of ether oxygens (including phenoxy) is 1. The Bertz CT molecular complexity index is 1120. The van der Waals surface area contributed by atoms with Crippen molar-refractivity contribution in [2.24, 2.45) is 0 Å². The lowest BCUT2D eigenvalue weighted by molar-refractivity contribution is 0.102. The van der Waals surface area contributed by atoms with Crippen molar-refractivity contribution in [1.82, 2.24) is 19.6 Å². The van der Waals surface area contributed by atoms with Gasteiger partial charge in [0.2, 0.25) is 0 Å². The van der Waals surface area contributed by atoms with Gasteiger partial charge in [-0.25, -0.2) is 4.98 Å². The topological polar surface area (TPSA) is 81.4 Å². The van der Waals surface area contributed by atoms with Crippen LogP contribution >= 0.6 is 11.8 Å². The fraction of sp³-hybridized carbons (Fsp3) is 0.100. The Hall–Kier alpha value is -3.39. The predicted octanol–water partition coefficient (Wildman–Crippen LogP) is 3.84. The van der Waals surface area contributed by atoms with E-state index in [1.54, 1.807) is 47.7 Å². The molecule has 28 heavy (non-hydrogen) atoms. The molecule has 0 aliphatic rings. The molecular formula is C20H17N5O2S. The fourth-order valence-corrected chi connectivity index (χ4v) is 3.60. The van der Waals surface area contributed by atoms with Crippen molar-refractivity contribution >= 4 is 29.1 Å². The Kier molecular flexibility index (Phi) is 4.94. The number of hydrogen-bond donors (Lipinski definition) is 1. The number of nitrogens with zero attached hydrogens (tertiary/aromatic N) is 4. The number of carbonyl (C=O) groups excluding carboxylic acids is 1. The van der Waals surface area contributed by atoms with Crippen LogP contribution in [0.25, 0.3) is 5.78 Å². The van der Waals surface area contributed by atoms with Gasteiger partial charge in [-0.05, 0) is 61.5 Å². The number of aryl methyl sites for hydroxylation is 1. The summed E-state index contributed by atoms with van der Waals surface area (Å²) in [7, 11) is 1.59. The second kappa shape index (κ2) is 7.69. The molecule has 4 aromatic rings. The SMILES string of the molecule is COc1ccc(C(=O)Nc2ccc(Sc3cc(C)nc4ncnn34)cc2)cc1. The highest BCUT2D eigenvalue weighted by molar-refractivity contribution is 7.99. The number of benzene rings is 2. The van der Waals surface area contributed by atoms with Gasteiger partial charge < -0.3 is 10.1 Å². The molecule has 0 radical (unpaired) electrons. The number of hydrogen-bond acceptors (Lipinski definition) is 6. The number of fused-ring (bicyclic) bond motifs is 1. The molecule has 0 bridgehead atoms. The van der Waals surface area contributed by atoms with Gasteiger partial charge in [0.05, 0.1) is 7.11 Å². The smallest absolute Gasteiger partial charge is 0.255 e. The van der Waals surface area contributed by atoms with Gasteiger partial charge in [-0.15, -0.1) is 0 Å². The molecular weight excluding hydrogens is 374 g/mol. The molecule has 0 unspecified atom stereocenters. The Labute approximate surface area is 165 Å². The van der Waals surface area contributed by atoms with Crippen LogP contribution in [0.1, 0.15) is 16.1 Å². The number of aromatic nitrogens is 4. The van der Waals surface area contributed by atoms with Gasteiger partial charge in [0.25, 0.3) is 11.7 Å². The van der Waals surface area contributed by atoms with E-state index in [1.807, 2.05) is 37.3 Å². The molecule has 8 heteroatoms. The first-order chi connectivity index (χ1) is 13.6. The van der Waals surface area contributed by atoms with E-state index < -0.39 is 0 Å². The molecule has 0 fully saturated rings. The van der Waals surface area contributed by atoms with Crippen molar-refractivity contribution < 1.29 is 9.53 Å². The summed E-state index contributed by atoms with van der Waals surface area (Å²) in [5, 5.41) is 8.04. The highest BCUT2D eigenvalue weighted by Gasteiger charge is 2.09. The molecule has 7 nitrogen and oxygen atoms in total. The number of methoxy groups -OCH3 is 1. The molecule has 2 heterocycles. The van der Waals surface area contributed by atoms with E-state index >= 15 is 0 Å². The van der Waals surface area contributed by atoms with E-state index in [0.29, 0.717) is 17.1 Å². The Morgan fingerprint density at radius 3 is 2.57 bits per heavy atom. The highest BCUT2D eigenvalue weighted by atomic mass is 32.2. The van der Waals surface area contributed by atoms with E-state index in [9.17, 15) is 4.79 Å². The second-order valence-corrected chi connectivity index (χ2v) is 7.11. The van der Waals surface area contributed by atoms with Gasteiger partial charge in [-0.2, -0.15) is 14.6 Å². The van der Waals surface area contributed by atoms with Crippen molar-refractivity contribution in [1.29, 1.82) is 0 Å². The summed E-state index contributed by atoms with van der Waals surface area (Å²) >= 11 is 1.56. The number of nitrogens with one attached hydrogen (secondary N) is 1. The van der Waals surface area contributed by atoms with Crippen molar-refractivity contribution in [2.45, 2.75) is 16.8 Å². The second-order valence-electron chi connectivity index (χ2n) is 6.02. The fourth-order valence-electron chi connectivity index (χ4n) is 2.64. The standard InChI is InChI=1S/C20H17N5O2S/c1-13-11-18(25-20(23-13)21-12-22-25)28-17-9-5-15(6-10-17)24-19(26)14-3-7-16(27-2)8-4-14/h3-12H,1-2H3,(H,24,26). The maximum atomic E-state index is 12.4. The maximum Gasteiger partial charge on any atom is 0.255 e. The average molecular weight is 391 g/mol. The third-order valence-corrected chi connectivity index (χ3v) is 5.04. The van der Waals surface area contributed by atoms with Crippen LogP contribution < -0.4 is 10.1 Å². The van der Waals surface area contributed by atoms with Crippen molar-refractivity contribution in [3.63, 3.8) is 0 Å². The van der Waals surface area contributed by atoms with Crippen LogP contribution in [0, 0.1) is 6.92 Å². The number of amides is 1. The zero-order chi connectivity index (χ0) is 19.5. The summed E-state index contributed by atoms with van der Waals surface area (Å²) in [4.78, 5) is 21.9. The number of rotatable bonds is 5. The minimum atomic E-state index is -0.169. The lowest BCUT2D eigenvalue weighted by Crippen LogP contribution is -2.11. The summed E-state index contributed by atoms with van der Waals surface area (Å²) in [6.45, 7) is 1.93. The van der Waals surface area contributed by atoms with Crippen LogP contribution in [0.3, 0.4) is 0 Å². The van der Waals surface area contributed by atoms with E-state index in [4.69, 9.17) is 4.74 Å². The quantitative estimate of drug-likeness (QED) is 0.521. The average Bonchev–Trinajstić information content (AvgIpc) is 3.18. The van der Waals surface area contributed by atoms with Crippen molar-refractivity contribution in [2.75, 3.05) is 12.4 Å². The molecule has 0 aliphatic heterocycles. The van der Waals surface area contributed by atoms with Crippen molar-refractivity contribution in [3.05, 3.63) is 72.2 Å². The highest BCUT2D eigenvalue weighted by Crippen LogP contribution is 2.29. The van der Waals surface area contributed by atoms with E-state index in [1.165, 1.54) is 6.33 Å². The largest absolute Gasteiger partial charge is 0.497 e. The lowest BCUT2D eigenvalue weighted by atomic mass is 10.2. The molecule has 0 aliphatic carbocycles. The zero-order valence-electron chi connectivity index (χ0n) is 15.3. The van der Waals surface area contributed by atoms with Crippen LogP contribution in [0.4, 0.5) is 5.69 Å². The van der Waals surface area contributed by atoms with Gasteiger partial charge in [-0.1, -0.05) is 11.8 Å². The van der Waals surface area contributed by atoms with Gasteiger partial charge in [0.1, 0.15) is 17.1 Å². The lowest BCUT2D eigenvalue weighted by Gasteiger charge is -2.08. The monoisotopic (exact) mass is 391 g/mol. The predicted molar refractivity (Wildman–Crippen MR) is 107 cm³/mol. The molecule has 0 atom stereocenters. The van der Waals surface area contributed by atoms with Crippen LogP contribution in [0.5, 0.6) is 5.75 Å². The zero-order valence-corrected chi connectivity index (χ0v) is 16.1. The van der Waals surface area contributed by atoms with Crippen LogP contribution in [-0.4, -0.2) is 32.6 Å². The number of carbonyl (C=O) groups is 1. The molecule has 0 spiro atoms. The van der Waals surface area contributed by atoms with E-state index in [-0.39, 0.29) is 5.91 Å². The minimum absolute atomic E-state index is 0.169. The first kappa shape index (κ1) is 18.0. The summed E-state index contributed by atoms with van der Waals surface area (Å²) in [5.41, 5.74) is 2.17. The van der Waals surface area contributed by atoms with Gasteiger partial charge in [0.15, 0.2) is 0 Å². The summed E-state index contributed by atoms with van der Waals surface area (Å²) < 4.78 is 6.82. The molecule has 1 N–H and O–H groups in total. The van der Waals surface area contributed by atoms with Gasteiger partial charge >= 0.3 is 0 Å². The molecule has 2 aromatic carbocycles. The molecule has 1 amide bonds. The first-order valence-electron chi connectivity index (χ1n) is 8.53. The molecule has 0 saturated carbocycles. The molecule has 0 saturated heterocycles. The van der Waals surface area contributed by atoms with Crippen LogP contribution in [0.15, 0.2) is 70.8 Å². The summed E-state index contributed by atoms with van der Waals surface area (Å²) in [6, 6.07) is 16.6. The third kappa shape index (κ3) is 3.81. The van der Waals surface area contributed by atoms with E-state index in [2.05, 4.69) is 20.4 Å². The van der Waals surface area contributed by atoms with E-state index in [0.717, 1.165) is 21.3 Å². The Morgan fingerprint density at radius 1 is 1.11 bits per heavy atom. The Morgan fingerprint density at radius 2 is 1.86 bits per heavy atom. The third-order valence-electron chi connectivity index (χ3n) is 4.03. The molecule has 140 valence electrons. The normalized spacial score (nSPS) is 10.8. The summed E-state index contributed by atoms with van der Waals surface area (Å²) in [6.07, 6.45) is 1.49. The maximum absolute atomic E-state index is 12.4. The summed E-state index contributed by atoms with van der Waals surface area (Å²) in [5.74, 6) is 1.12. The molecule has 2 aromatic heterocycles. The van der Waals surface area contributed by atoms with Crippen molar-refractivity contribution in [3.8, 4) is 5.75 Å². The molecule has 4 rings (SSSR count). The minimum Gasteiger partial charge on any atom is -0.497 e. The Balaban J connectivity index is 1.47. The van der Waals surface area contributed by atoms with Crippen LogP contribution in [0.2, 0.25) is 0 Å². The number of anilines is 1. The van der Waals surface area contributed by atoms with Gasteiger partial charge in [-0.3, -0.25) is 4.79 Å². The first-order valence-corrected chi connectivity index (χ1v) is 9.35. The van der Waals surface area contributed by atoms with Crippen LogP contribution in [-0.2, 0) is 0 Å². The van der Waals surface area contributed by atoms with Gasteiger partial charge in [0, 0.05) is 21.8 Å².